The van der Waals surface area contributed by atoms with E-state index < -0.39 is 21.8 Å². The minimum atomic E-state index is -6.00. The fraction of sp³-hybridized carbons (Fsp3) is 1.00. The summed E-state index contributed by atoms with van der Waals surface area (Å²) < 4.78 is 117. The normalized spacial score (nSPS) is 29.1. The summed E-state index contributed by atoms with van der Waals surface area (Å²) in [5, 5.41) is 0. The summed E-state index contributed by atoms with van der Waals surface area (Å²) >= 11 is 0. The molecule has 0 N–H and O–H groups in total. The van der Waals surface area contributed by atoms with Gasteiger partial charge in [-0.1, -0.05) is 0 Å². The molecule has 0 aliphatic heterocycles. The zero-order valence-electron chi connectivity index (χ0n) is 14.8. The van der Waals surface area contributed by atoms with E-state index in [2.05, 4.69) is 0 Å². The molecule has 16 heteroatoms. The van der Waals surface area contributed by atoms with Crippen LogP contribution in [0.3, 0.4) is 0 Å². The minimum absolute atomic E-state index is 0. The van der Waals surface area contributed by atoms with Crippen molar-refractivity contribution in [3.63, 3.8) is 0 Å². The van der Waals surface area contributed by atoms with Crippen LogP contribution < -0.4 is 51.4 Å². The van der Waals surface area contributed by atoms with E-state index >= 15 is 0 Å². The second-order valence-corrected chi connectivity index (χ2v) is 6.36. The maximum absolute atomic E-state index is 9.75. The van der Waals surface area contributed by atoms with E-state index in [4.69, 9.17) is 0 Å². The van der Waals surface area contributed by atoms with Crippen LogP contribution in [-0.4, -0.2) is 21.8 Å². The van der Waals surface area contributed by atoms with Gasteiger partial charge in [-0.2, -0.15) is 0 Å². The van der Waals surface area contributed by atoms with E-state index in [0.717, 1.165) is 0 Å². The van der Waals surface area contributed by atoms with Crippen molar-refractivity contribution >= 4 is 21.8 Å². The Kier molecular flexibility index (Phi) is 13.3. The summed E-state index contributed by atoms with van der Waals surface area (Å²) in [6.45, 7) is 0. The molecule has 4 rings (SSSR count). The smallest absolute Gasteiger partial charge is 1.00 e. The Bertz CT molecular complexity index is 286. The molecule has 0 aromatic carbocycles. The van der Waals surface area contributed by atoms with Gasteiger partial charge in [0, 0.05) is 0 Å². The van der Waals surface area contributed by atoms with Gasteiger partial charge >= 0.3 is 73.1 Å². The molecule has 0 nitrogen and oxygen atoms in total. The topological polar surface area (TPSA) is 0 Å². The fourth-order valence-corrected chi connectivity index (χ4v) is 3.98. The van der Waals surface area contributed by atoms with Crippen molar-refractivity contribution in [1.29, 1.82) is 0 Å². The van der Waals surface area contributed by atoms with Crippen molar-refractivity contribution < 1.29 is 105 Å². The second kappa shape index (κ2) is 11.9. The molecular formula is C10H17B3F12K-3. The first-order valence-corrected chi connectivity index (χ1v) is 7.52. The van der Waals surface area contributed by atoms with Crippen LogP contribution >= 0.6 is 0 Å². The standard InChI is InChI=1S/C10H16.3BF4.K.H/c1-7-2-9-4-8(1)5-10(3-7)6-9;3*2-1(3,4)5;;/h7-10H,1-6H2;;;;;/q;3*-1;+1;-1. The summed E-state index contributed by atoms with van der Waals surface area (Å²) in [6.07, 6.45) is 9.62. The van der Waals surface area contributed by atoms with Crippen LogP contribution in [0.1, 0.15) is 40.0 Å². The molecule has 4 aliphatic carbocycles. The van der Waals surface area contributed by atoms with Gasteiger partial charge < -0.3 is 53.2 Å². The van der Waals surface area contributed by atoms with Crippen LogP contribution in [0.2, 0.25) is 0 Å². The van der Waals surface area contributed by atoms with E-state index in [1.54, 1.807) is 38.5 Å². The van der Waals surface area contributed by atoms with E-state index in [1.807, 2.05) is 0 Å². The van der Waals surface area contributed by atoms with Gasteiger partial charge in [0.15, 0.2) is 0 Å². The maximum atomic E-state index is 9.75. The van der Waals surface area contributed by atoms with Gasteiger partial charge in [-0.15, -0.1) is 0 Å². The Balaban J connectivity index is -0.000000300. The van der Waals surface area contributed by atoms with Gasteiger partial charge in [0.05, 0.1) is 0 Å². The molecule has 0 unspecified atom stereocenters. The molecule has 154 valence electrons. The van der Waals surface area contributed by atoms with Crippen molar-refractivity contribution in [1.82, 2.24) is 0 Å². The van der Waals surface area contributed by atoms with Gasteiger partial charge in [-0.25, -0.2) is 0 Å². The summed E-state index contributed by atoms with van der Waals surface area (Å²) in [4.78, 5) is 0. The number of hydrogen-bond donors (Lipinski definition) is 0. The first-order valence-electron chi connectivity index (χ1n) is 7.52. The van der Waals surface area contributed by atoms with Crippen molar-refractivity contribution in [2.45, 2.75) is 38.5 Å². The van der Waals surface area contributed by atoms with E-state index in [9.17, 15) is 51.8 Å². The molecule has 0 atom stereocenters. The number of hydrogen-bond acceptors (Lipinski definition) is 0. The van der Waals surface area contributed by atoms with Crippen LogP contribution in [0, 0.1) is 23.7 Å². The summed E-state index contributed by atoms with van der Waals surface area (Å²) in [7, 11) is -18.0. The molecule has 0 spiro atoms. The molecule has 4 saturated carbocycles. The van der Waals surface area contributed by atoms with Crippen LogP contribution in [0.25, 0.3) is 0 Å². The molecule has 0 aromatic heterocycles. The average Bonchev–Trinajstić information content (AvgIpc) is 2.18. The summed E-state index contributed by atoms with van der Waals surface area (Å²) in [5.74, 6) is 4.71. The van der Waals surface area contributed by atoms with E-state index in [0.29, 0.717) is 0 Å². The third-order valence-corrected chi connectivity index (χ3v) is 4.00. The average molecular weight is 437 g/mol. The third kappa shape index (κ3) is 23.0. The Morgan fingerprint density at radius 3 is 0.538 bits per heavy atom. The van der Waals surface area contributed by atoms with Crippen LogP contribution in [0.4, 0.5) is 51.8 Å². The van der Waals surface area contributed by atoms with Crippen LogP contribution in [0.15, 0.2) is 0 Å². The Hall–Kier alpha value is 0.991. The summed E-state index contributed by atoms with van der Waals surface area (Å²) in [5.41, 5.74) is 0. The quantitative estimate of drug-likeness (QED) is 0.400. The van der Waals surface area contributed by atoms with Gasteiger partial charge in [-0.3, -0.25) is 0 Å². The molecule has 0 aromatic rings. The van der Waals surface area contributed by atoms with Gasteiger partial charge in [0.2, 0.25) is 0 Å². The zero-order chi connectivity index (χ0) is 20.1. The van der Waals surface area contributed by atoms with Crippen molar-refractivity contribution in [2.75, 3.05) is 0 Å². The second-order valence-electron chi connectivity index (χ2n) is 6.36. The first-order chi connectivity index (χ1) is 10.9. The Labute approximate surface area is 187 Å². The molecule has 0 saturated heterocycles. The third-order valence-electron chi connectivity index (χ3n) is 4.00. The molecule has 4 fully saturated rings. The predicted molar refractivity (Wildman–Crippen MR) is 73.3 cm³/mol. The Morgan fingerprint density at radius 2 is 0.462 bits per heavy atom. The fourth-order valence-electron chi connectivity index (χ4n) is 3.98. The summed E-state index contributed by atoms with van der Waals surface area (Å²) in [6, 6.07) is 0. The van der Waals surface area contributed by atoms with Gasteiger partial charge in [-0.05, 0) is 62.2 Å². The molecule has 0 amide bonds. The minimum Gasteiger partial charge on any atom is -1.00 e. The first kappa shape index (κ1) is 29.2. The van der Waals surface area contributed by atoms with Gasteiger partial charge in [0.25, 0.3) is 0 Å². The molecule has 0 heterocycles. The molecule has 4 aliphatic rings. The Morgan fingerprint density at radius 1 is 0.385 bits per heavy atom. The maximum Gasteiger partial charge on any atom is 1.00 e. The number of rotatable bonds is 0. The van der Waals surface area contributed by atoms with E-state index in [-0.39, 0.29) is 52.8 Å². The van der Waals surface area contributed by atoms with Crippen molar-refractivity contribution in [2.24, 2.45) is 23.7 Å². The van der Waals surface area contributed by atoms with Gasteiger partial charge in [0.1, 0.15) is 0 Å². The molecule has 26 heavy (non-hydrogen) atoms. The zero-order valence-corrected chi connectivity index (χ0v) is 16.9. The SMILES string of the molecule is C1C2CC3CC1CC(C2)C3.F[B-](F)(F)F.F[B-](F)(F)F.F[B-](F)(F)F.[H-].[K+]. The molecular weight excluding hydrogens is 420 g/mol. The van der Waals surface area contributed by atoms with Crippen LogP contribution in [0.5, 0.6) is 0 Å². The largest absolute Gasteiger partial charge is 1.00 e. The predicted octanol–water partition coefficient (Wildman–Crippen LogP) is 3.85. The number of halogens is 12. The van der Waals surface area contributed by atoms with E-state index in [1.165, 1.54) is 23.7 Å². The molecule has 4 bridgehead atoms. The monoisotopic (exact) mass is 437 g/mol. The van der Waals surface area contributed by atoms with Crippen molar-refractivity contribution in [3.8, 4) is 0 Å². The van der Waals surface area contributed by atoms with Crippen molar-refractivity contribution in [3.05, 3.63) is 0 Å². The van der Waals surface area contributed by atoms with Crippen LogP contribution in [-0.2, 0) is 0 Å². The molecule has 0 radical (unpaired) electrons.